The van der Waals surface area contributed by atoms with Gasteiger partial charge in [-0.15, -0.1) is 0 Å². The average Bonchev–Trinajstić information content (AvgIpc) is 3.59. The Morgan fingerprint density at radius 1 is 1.07 bits per heavy atom. The molecule has 0 bridgehead atoms. The van der Waals surface area contributed by atoms with Gasteiger partial charge in [-0.1, -0.05) is 6.07 Å². The van der Waals surface area contributed by atoms with Crippen molar-refractivity contribution in [2.24, 2.45) is 0 Å². The van der Waals surface area contributed by atoms with E-state index in [0.29, 0.717) is 11.3 Å². The maximum absolute atomic E-state index is 14.0. The summed E-state index contributed by atoms with van der Waals surface area (Å²) in [4.78, 5) is 40.9. The highest BCUT2D eigenvalue weighted by Gasteiger charge is 2.33. The van der Waals surface area contributed by atoms with Crippen LogP contribution in [0.15, 0.2) is 65.6 Å². The fraction of sp³-hybridized carbons (Fsp3) is 0.344. The van der Waals surface area contributed by atoms with Crippen LogP contribution >= 0.6 is 0 Å². The molecule has 2 aromatic carbocycles. The maximum Gasteiger partial charge on any atom is 0.416 e. The van der Waals surface area contributed by atoms with Crippen molar-refractivity contribution >= 4 is 11.9 Å². The third-order valence-electron chi connectivity index (χ3n) is 8.29. The highest BCUT2D eigenvalue weighted by atomic mass is 19.4. The van der Waals surface area contributed by atoms with Crippen molar-refractivity contribution in [3.05, 3.63) is 88.1 Å². The Labute approximate surface area is 263 Å². The van der Waals surface area contributed by atoms with Crippen molar-refractivity contribution in [2.75, 3.05) is 27.2 Å². The predicted molar refractivity (Wildman–Crippen MR) is 163 cm³/mol. The number of nitrogens with zero attached hydrogens (tertiary/aromatic N) is 6. The standard InChI is InChI=1S/C32H33F3N8O3/c1-20(29(44)39-24-13-16-43(3,4)17-14-24)38-30(45)41-28(27-12-15-37-42(27)25-10-8-22(19-36)9-11-25)21(2)40(31(41)46)26-7-5-6-23(18-26)32(33,34)35/h5-12,15,18,20,24H,13-14,16-17H2,1-4H3,(H-,38,39,44,45)/p+1/t20-/m0/s1. The van der Waals surface area contributed by atoms with Crippen LogP contribution in [-0.2, 0) is 11.0 Å². The number of nitriles is 1. The molecule has 0 radical (unpaired) electrons. The zero-order valence-electron chi connectivity index (χ0n) is 25.8. The summed E-state index contributed by atoms with van der Waals surface area (Å²) in [6.07, 6.45) is -1.66. The molecular formula is C32H34F3N8O3+. The molecule has 2 N–H and O–H groups in total. The number of piperidine rings is 1. The van der Waals surface area contributed by atoms with E-state index in [2.05, 4.69) is 29.8 Å². The number of likely N-dealkylation sites (tertiary alicyclic amines) is 1. The van der Waals surface area contributed by atoms with Gasteiger partial charge in [-0.25, -0.2) is 18.8 Å². The lowest BCUT2D eigenvalue weighted by molar-refractivity contribution is -0.895. The van der Waals surface area contributed by atoms with Gasteiger partial charge in [0.05, 0.1) is 73.3 Å². The second-order valence-electron chi connectivity index (χ2n) is 12.1. The number of rotatable bonds is 6. The first-order chi connectivity index (χ1) is 21.7. The van der Waals surface area contributed by atoms with E-state index in [4.69, 9.17) is 0 Å². The smallest absolute Gasteiger partial charge is 0.351 e. The Hall–Kier alpha value is -5.16. The number of halogens is 3. The number of nitrogens with one attached hydrogen (secondary N) is 2. The third kappa shape index (κ3) is 6.45. The Morgan fingerprint density at radius 3 is 2.37 bits per heavy atom. The molecule has 1 fully saturated rings. The number of amides is 2. The lowest BCUT2D eigenvalue weighted by Crippen LogP contribution is -2.55. The Balaban J connectivity index is 1.56. The number of alkyl halides is 3. The van der Waals surface area contributed by atoms with Crippen LogP contribution in [0.5, 0.6) is 0 Å². The highest BCUT2D eigenvalue weighted by molar-refractivity contribution is 5.89. The predicted octanol–water partition coefficient (Wildman–Crippen LogP) is 3.99. The molecular weight excluding hydrogens is 601 g/mol. The molecule has 1 atom stereocenters. The van der Waals surface area contributed by atoms with E-state index in [9.17, 15) is 32.8 Å². The van der Waals surface area contributed by atoms with E-state index in [1.165, 1.54) is 36.9 Å². The van der Waals surface area contributed by atoms with Crippen molar-refractivity contribution in [3.63, 3.8) is 0 Å². The number of benzene rings is 2. The first-order valence-corrected chi connectivity index (χ1v) is 14.7. The fourth-order valence-electron chi connectivity index (χ4n) is 5.64. The Bertz CT molecular complexity index is 1870. The number of hydrogen-bond acceptors (Lipinski definition) is 5. The summed E-state index contributed by atoms with van der Waals surface area (Å²) in [5.41, 5.74) is -0.587. The number of quaternary nitrogens is 1. The second kappa shape index (κ2) is 12.3. The first kappa shape index (κ1) is 32.2. The molecule has 0 unspecified atom stereocenters. The van der Waals surface area contributed by atoms with Gasteiger partial charge in [-0.05, 0) is 62.4 Å². The molecule has 0 saturated carbocycles. The molecule has 3 heterocycles. The zero-order valence-corrected chi connectivity index (χ0v) is 25.8. The molecule has 2 amide bonds. The maximum atomic E-state index is 14.0. The van der Waals surface area contributed by atoms with Crippen molar-refractivity contribution in [2.45, 2.75) is 44.9 Å². The largest absolute Gasteiger partial charge is 0.416 e. The summed E-state index contributed by atoms with van der Waals surface area (Å²) < 4.78 is 45.0. The summed E-state index contributed by atoms with van der Waals surface area (Å²) >= 11 is 0. The van der Waals surface area contributed by atoms with E-state index >= 15 is 0 Å². The molecule has 46 heavy (non-hydrogen) atoms. The molecule has 1 aliphatic rings. The van der Waals surface area contributed by atoms with Crippen molar-refractivity contribution in [1.82, 2.24) is 29.5 Å². The lowest BCUT2D eigenvalue weighted by Gasteiger charge is -2.37. The molecule has 11 nitrogen and oxygen atoms in total. The summed E-state index contributed by atoms with van der Waals surface area (Å²) in [6.45, 7) is 4.79. The Kier molecular flexibility index (Phi) is 8.64. The van der Waals surface area contributed by atoms with Crippen LogP contribution in [0, 0.1) is 18.3 Å². The van der Waals surface area contributed by atoms with Gasteiger partial charge in [-0.2, -0.15) is 23.5 Å². The van der Waals surface area contributed by atoms with Crippen LogP contribution in [0.2, 0.25) is 0 Å². The first-order valence-electron chi connectivity index (χ1n) is 14.7. The molecule has 4 aromatic rings. The van der Waals surface area contributed by atoms with Gasteiger partial charge in [0.1, 0.15) is 11.7 Å². The SMILES string of the molecule is Cc1c(-c2ccnn2-c2ccc(C#N)cc2)n(C(=O)N[C@@H](C)C(=O)NC2CC[N+](C)(C)CC2)c(=O)n1-c1cccc(C(F)(F)F)c1. The number of carbonyl (C=O) groups excluding carboxylic acids is 2. The van der Waals surface area contributed by atoms with Gasteiger partial charge in [0.2, 0.25) is 5.91 Å². The van der Waals surface area contributed by atoms with Crippen LogP contribution in [0.3, 0.4) is 0 Å². The molecule has 14 heteroatoms. The minimum Gasteiger partial charge on any atom is -0.351 e. The van der Waals surface area contributed by atoms with E-state index < -0.39 is 35.4 Å². The summed E-state index contributed by atoms with van der Waals surface area (Å²) in [5.74, 6) is -0.420. The van der Waals surface area contributed by atoms with Crippen LogP contribution in [0.1, 0.15) is 36.6 Å². The molecule has 1 saturated heterocycles. The van der Waals surface area contributed by atoms with Crippen molar-refractivity contribution < 1.29 is 27.2 Å². The number of hydrogen-bond donors (Lipinski definition) is 2. The lowest BCUT2D eigenvalue weighted by atomic mass is 10.0. The van der Waals surface area contributed by atoms with Gasteiger partial charge in [-0.3, -0.25) is 9.36 Å². The zero-order chi connectivity index (χ0) is 33.4. The van der Waals surface area contributed by atoms with E-state index in [0.717, 1.165) is 51.7 Å². The number of aromatic nitrogens is 4. The van der Waals surface area contributed by atoms with Crippen LogP contribution < -0.4 is 16.3 Å². The van der Waals surface area contributed by atoms with Crippen molar-refractivity contribution in [1.29, 1.82) is 5.26 Å². The number of imidazole rings is 1. The van der Waals surface area contributed by atoms with E-state index in [1.54, 1.807) is 30.3 Å². The minimum absolute atomic E-state index is 0.0534. The summed E-state index contributed by atoms with van der Waals surface area (Å²) in [7, 11) is 4.24. The highest BCUT2D eigenvalue weighted by Crippen LogP contribution is 2.32. The van der Waals surface area contributed by atoms with Gasteiger partial charge >= 0.3 is 17.9 Å². The Morgan fingerprint density at radius 2 is 1.74 bits per heavy atom. The topological polar surface area (TPSA) is 127 Å². The third-order valence-corrected chi connectivity index (χ3v) is 8.29. The van der Waals surface area contributed by atoms with E-state index in [-0.39, 0.29) is 28.8 Å². The fourth-order valence-corrected chi connectivity index (χ4v) is 5.64. The normalized spacial score (nSPS) is 15.6. The molecule has 240 valence electrons. The summed E-state index contributed by atoms with van der Waals surface area (Å²) in [6, 6.07) is 12.2. The summed E-state index contributed by atoms with van der Waals surface area (Å²) in [5, 5.41) is 19.1. The van der Waals surface area contributed by atoms with Crippen LogP contribution in [0.25, 0.3) is 22.8 Å². The monoisotopic (exact) mass is 635 g/mol. The van der Waals surface area contributed by atoms with Gasteiger partial charge in [0.25, 0.3) is 0 Å². The minimum atomic E-state index is -4.67. The van der Waals surface area contributed by atoms with Crippen LogP contribution in [-0.4, -0.2) is 74.6 Å². The molecule has 1 aliphatic heterocycles. The van der Waals surface area contributed by atoms with Gasteiger partial charge in [0, 0.05) is 18.9 Å². The molecule has 2 aromatic heterocycles. The molecule has 0 spiro atoms. The average molecular weight is 636 g/mol. The quantitative estimate of drug-likeness (QED) is 0.310. The van der Waals surface area contributed by atoms with Gasteiger partial charge in [0.15, 0.2) is 0 Å². The molecule has 0 aliphatic carbocycles. The van der Waals surface area contributed by atoms with Crippen molar-refractivity contribution in [3.8, 4) is 28.8 Å². The van der Waals surface area contributed by atoms with Crippen LogP contribution in [0.4, 0.5) is 18.0 Å². The second-order valence-corrected chi connectivity index (χ2v) is 12.1. The molecule has 5 rings (SSSR count). The van der Waals surface area contributed by atoms with Gasteiger partial charge < -0.3 is 15.1 Å². The van der Waals surface area contributed by atoms with E-state index in [1.807, 2.05) is 6.07 Å². The number of carbonyl (C=O) groups is 2.